The highest BCUT2D eigenvalue weighted by atomic mass is 19.1. The summed E-state index contributed by atoms with van der Waals surface area (Å²) in [4.78, 5) is 31.6. The molecule has 1 amide bonds. The summed E-state index contributed by atoms with van der Waals surface area (Å²) in [6.07, 6.45) is 17.1. The molecule has 33 heavy (non-hydrogen) atoms. The fourth-order valence-electron chi connectivity index (χ4n) is 4.54. The molecule has 4 rings (SSSR count). The lowest BCUT2D eigenvalue weighted by Gasteiger charge is -2.42. The number of nitrogens with zero attached hydrogens (tertiary/aromatic N) is 4. The number of H-pyrrole nitrogens is 1. The van der Waals surface area contributed by atoms with E-state index in [9.17, 15) is 9.18 Å². The second kappa shape index (κ2) is 10.1. The first-order chi connectivity index (χ1) is 16.0. The van der Waals surface area contributed by atoms with Crippen molar-refractivity contribution in [2.45, 2.75) is 58.5 Å². The number of fused-ring (bicyclic) bond motifs is 1. The highest BCUT2D eigenvalue weighted by Gasteiger charge is 2.38. The smallest absolute Gasteiger partial charge is 0.231 e. The van der Waals surface area contributed by atoms with E-state index in [0.29, 0.717) is 29.8 Å². The Kier molecular flexibility index (Phi) is 7.01. The van der Waals surface area contributed by atoms with Crippen molar-refractivity contribution >= 4 is 22.9 Å². The molecule has 2 aliphatic rings. The van der Waals surface area contributed by atoms with Gasteiger partial charge in [0, 0.05) is 11.6 Å². The van der Waals surface area contributed by atoms with Gasteiger partial charge in [0.25, 0.3) is 0 Å². The fourth-order valence-corrected chi connectivity index (χ4v) is 4.54. The van der Waals surface area contributed by atoms with Gasteiger partial charge >= 0.3 is 0 Å². The fraction of sp³-hybridized carbons (Fsp3) is 0.440. The number of carbonyl (C=O) groups excluding carboxylic acids is 1. The highest BCUT2D eigenvalue weighted by Crippen LogP contribution is 2.35. The number of hydrogen-bond acceptors (Lipinski definition) is 5. The van der Waals surface area contributed by atoms with Crippen molar-refractivity contribution in [2.24, 2.45) is 11.8 Å². The standard InChI is InChI=1S/C25H31FN6O/c1-4-6-7-16(3)19-12-13-21(32(25(19)33)18-10-8-17(26)9-11-18)20(5-2)31-24-22-23(28-14-27-22)29-15-30-24/h6-10,13-16,18-20H,4-5,11-12H2,1-3H3,(H2,27,28,29,30,31)/b7-6-. The first-order valence-corrected chi connectivity index (χ1v) is 11.7. The van der Waals surface area contributed by atoms with Gasteiger partial charge in [-0.2, -0.15) is 0 Å². The number of hydrogen-bond donors (Lipinski definition) is 2. The van der Waals surface area contributed by atoms with Crippen molar-refractivity contribution in [2.75, 3.05) is 5.32 Å². The van der Waals surface area contributed by atoms with Gasteiger partial charge < -0.3 is 15.2 Å². The predicted molar refractivity (Wildman–Crippen MR) is 128 cm³/mol. The van der Waals surface area contributed by atoms with Gasteiger partial charge in [-0.25, -0.2) is 19.3 Å². The Labute approximate surface area is 193 Å². The third-order valence-corrected chi connectivity index (χ3v) is 6.38. The van der Waals surface area contributed by atoms with Crippen molar-refractivity contribution in [1.29, 1.82) is 0 Å². The zero-order chi connectivity index (χ0) is 23.4. The maximum absolute atomic E-state index is 13.8. The van der Waals surface area contributed by atoms with Crippen molar-refractivity contribution in [3.63, 3.8) is 0 Å². The van der Waals surface area contributed by atoms with Crippen LogP contribution < -0.4 is 5.32 Å². The third kappa shape index (κ3) is 4.74. The Morgan fingerprint density at radius 1 is 1.27 bits per heavy atom. The highest BCUT2D eigenvalue weighted by molar-refractivity contribution is 5.85. The van der Waals surface area contributed by atoms with E-state index in [1.165, 1.54) is 12.4 Å². The van der Waals surface area contributed by atoms with E-state index in [0.717, 1.165) is 18.5 Å². The molecule has 2 aromatic heterocycles. The zero-order valence-electron chi connectivity index (χ0n) is 19.3. The van der Waals surface area contributed by atoms with Crippen LogP contribution in [0.2, 0.25) is 0 Å². The second-order valence-corrected chi connectivity index (χ2v) is 8.55. The number of allylic oxidation sites excluding steroid dienone is 5. The minimum Gasteiger partial charge on any atom is -0.360 e. The summed E-state index contributed by atoms with van der Waals surface area (Å²) >= 11 is 0. The van der Waals surface area contributed by atoms with Crippen molar-refractivity contribution < 1.29 is 9.18 Å². The topological polar surface area (TPSA) is 86.8 Å². The van der Waals surface area contributed by atoms with Gasteiger partial charge in [0.05, 0.1) is 18.4 Å². The third-order valence-electron chi connectivity index (χ3n) is 6.38. The average molecular weight is 451 g/mol. The van der Waals surface area contributed by atoms with Crippen LogP contribution in [-0.4, -0.2) is 42.8 Å². The first-order valence-electron chi connectivity index (χ1n) is 11.7. The van der Waals surface area contributed by atoms with E-state index >= 15 is 0 Å². The number of anilines is 1. The van der Waals surface area contributed by atoms with Crippen LogP contribution in [0.5, 0.6) is 0 Å². The SMILES string of the molecule is CC/C=C\C(C)C1CC=C(C(CC)Nc2ncnc3[nH]cnc23)N(C2C=CC(F)=CC2)C1=O. The summed E-state index contributed by atoms with van der Waals surface area (Å²) in [5.74, 6) is 0.419. The molecular formula is C25H31FN6O. The largest absolute Gasteiger partial charge is 0.360 e. The van der Waals surface area contributed by atoms with Crippen LogP contribution in [0.15, 0.2) is 60.6 Å². The number of imidazole rings is 1. The molecular weight excluding hydrogens is 419 g/mol. The van der Waals surface area contributed by atoms with E-state index in [4.69, 9.17) is 0 Å². The molecule has 174 valence electrons. The van der Waals surface area contributed by atoms with Gasteiger partial charge in [0.1, 0.15) is 17.7 Å². The summed E-state index contributed by atoms with van der Waals surface area (Å²) in [6, 6.07) is -0.379. The van der Waals surface area contributed by atoms with Gasteiger partial charge in [-0.3, -0.25) is 4.79 Å². The summed E-state index contributed by atoms with van der Waals surface area (Å²) in [5.41, 5.74) is 2.21. The molecule has 0 bridgehead atoms. The Balaban J connectivity index is 1.67. The number of amides is 1. The molecule has 4 unspecified atom stereocenters. The van der Waals surface area contributed by atoms with Crippen LogP contribution >= 0.6 is 0 Å². The molecule has 4 atom stereocenters. The van der Waals surface area contributed by atoms with Crippen LogP contribution in [0.4, 0.5) is 10.2 Å². The number of halogens is 1. The molecule has 0 radical (unpaired) electrons. The number of nitrogens with one attached hydrogen (secondary N) is 2. The lowest BCUT2D eigenvalue weighted by molar-refractivity contribution is -0.137. The Morgan fingerprint density at radius 3 is 2.85 bits per heavy atom. The number of aromatic amines is 1. The van der Waals surface area contributed by atoms with E-state index < -0.39 is 0 Å². The van der Waals surface area contributed by atoms with Gasteiger partial charge in [-0.1, -0.05) is 45.1 Å². The zero-order valence-corrected chi connectivity index (χ0v) is 19.3. The summed E-state index contributed by atoms with van der Waals surface area (Å²) in [5, 5.41) is 3.48. The normalized spacial score (nSPS) is 23.0. The van der Waals surface area contributed by atoms with Crippen LogP contribution in [0.1, 0.15) is 46.5 Å². The molecule has 0 aromatic carbocycles. The molecule has 0 fully saturated rings. The van der Waals surface area contributed by atoms with Crippen molar-refractivity contribution in [3.8, 4) is 0 Å². The van der Waals surface area contributed by atoms with E-state index in [-0.39, 0.29) is 35.7 Å². The van der Waals surface area contributed by atoms with Crippen LogP contribution in [0.25, 0.3) is 11.2 Å². The summed E-state index contributed by atoms with van der Waals surface area (Å²) in [6.45, 7) is 6.25. The van der Waals surface area contributed by atoms with Crippen molar-refractivity contribution in [3.05, 3.63) is 60.6 Å². The molecule has 3 heterocycles. The van der Waals surface area contributed by atoms with Gasteiger partial charge in [-0.05, 0) is 43.8 Å². The Bertz CT molecular complexity index is 1120. The minimum absolute atomic E-state index is 0.0824. The van der Waals surface area contributed by atoms with E-state index in [2.05, 4.69) is 64.3 Å². The molecule has 8 heteroatoms. The molecule has 1 aliphatic carbocycles. The molecule has 7 nitrogen and oxygen atoms in total. The van der Waals surface area contributed by atoms with Crippen LogP contribution in [0.3, 0.4) is 0 Å². The number of aromatic nitrogens is 4. The maximum Gasteiger partial charge on any atom is 0.231 e. The first kappa shape index (κ1) is 22.9. The van der Waals surface area contributed by atoms with Gasteiger partial charge in [0.15, 0.2) is 11.5 Å². The Morgan fingerprint density at radius 2 is 2.12 bits per heavy atom. The second-order valence-electron chi connectivity index (χ2n) is 8.55. The minimum atomic E-state index is -0.260. The maximum atomic E-state index is 13.8. The van der Waals surface area contributed by atoms with E-state index in [1.807, 2.05) is 4.90 Å². The number of rotatable bonds is 8. The monoisotopic (exact) mass is 450 g/mol. The summed E-state index contributed by atoms with van der Waals surface area (Å²) < 4.78 is 13.7. The Hall–Kier alpha value is -3.29. The predicted octanol–water partition coefficient (Wildman–Crippen LogP) is 5.06. The van der Waals surface area contributed by atoms with Gasteiger partial charge in [-0.15, -0.1) is 0 Å². The molecule has 1 aliphatic heterocycles. The van der Waals surface area contributed by atoms with Crippen LogP contribution in [0, 0.1) is 11.8 Å². The summed E-state index contributed by atoms with van der Waals surface area (Å²) in [7, 11) is 0. The van der Waals surface area contributed by atoms with Crippen LogP contribution in [-0.2, 0) is 4.79 Å². The van der Waals surface area contributed by atoms with Crippen molar-refractivity contribution in [1.82, 2.24) is 24.8 Å². The molecule has 0 saturated heterocycles. The molecule has 2 N–H and O–H groups in total. The lowest BCUT2D eigenvalue weighted by atomic mass is 9.84. The van der Waals surface area contributed by atoms with E-state index in [1.54, 1.807) is 18.5 Å². The van der Waals surface area contributed by atoms with Gasteiger partial charge in [0.2, 0.25) is 5.91 Å². The number of carbonyl (C=O) groups is 1. The average Bonchev–Trinajstić information content (AvgIpc) is 3.31. The molecule has 0 spiro atoms. The molecule has 0 saturated carbocycles. The lowest BCUT2D eigenvalue weighted by Crippen LogP contribution is -2.49. The molecule has 2 aromatic rings. The quantitative estimate of drug-likeness (QED) is 0.549.